The predicted octanol–water partition coefficient (Wildman–Crippen LogP) is 2.32. The van der Waals surface area contributed by atoms with Crippen LogP contribution in [0.15, 0.2) is 0 Å². The van der Waals surface area contributed by atoms with Gasteiger partial charge in [-0.1, -0.05) is 19.3 Å². The molecule has 0 bridgehead atoms. The third-order valence-corrected chi connectivity index (χ3v) is 3.93. The Morgan fingerprint density at radius 2 is 1.88 bits per heavy atom. The normalized spacial score (nSPS) is 18.6. The molecule has 0 saturated heterocycles. The lowest BCUT2D eigenvalue weighted by Crippen LogP contribution is -2.36. The van der Waals surface area contributed by atoms with Crippen LogP contribution in [0, 0.1) is 0 Å². The number of aromatic nitrogens is 3. The van der Waals surface area contributed by atoms with Gasteiger partial charge in [-0.2, -0.15) is 5.10 Å². The van der Waals surface area contributed by atoms with Gasteiger partial charge in [0, 0.05) is 13.0 Å². The van der Waals surface area contributed by atoms with Gasteiger partial charge in [0.15, 0.2) is 5.82 Å². The van der Waals surface area contributed by atoms with Gasteiger partial charge in [0.1, 0.15) is 5.82 Å². The van der Waals surface area contributed by atoms with Crippen molar-refractivity contribution >= 4 is 0 Å². The second-order valence-corrected chi connectivity index (χ2v) is 5.63. The highest BCUT2D eigenvalue weighted by molar-refractivity contribution is 5.07. The lowest BCUT2D eigenvalue weighted by Gasteiger charge is -2.22. The highest BCUT2D eigenvalue weighted by atomic mass is 15.4. The molecule has 1 fully saturated rings. The summed E-state index contributed by atoms with van der Waals surface area (Å²) in [5.74, 6) is 2.66. The zero-order chi connectivity index (χ0) is 12.5. The fraction of sp³-hybridized carbons (Fsp3) is 0.846. The van der Waals surface area contributed by atoms with E-state index in [-0.39, 0.29) is 5.54 Å². The largest absolute Gasteiger partial charge is 0.308 e. The van der Waals surface area contributed by atoms with Crippen molar-refractivity contribution < 1.29 is 0 Å². The van der Waals surface area contributed by atoms with E-state index in [1.807, 2.05) is 18.8 Å². The summed E-state index contributed by atoms with van der Waals surface area (Å²) in [6, 6.07) is 0. The topological polar surface area (TPSA) is 42.7 Å². The first-order valence-electron chi connectivity index (χ1n) is 6.65. The average Bonchev–Trinajstić information content (AvgIpc) is 2.73. The van der Waals surface area contributed by atoms with Crippen LogP contribution in [-0.2, 0) is 12.6 Å². The minimum atomic E-state index is -0.116. The van der Waals surface area contributed by atoms with Gasteiger partial charge in [-0.3, -0.25) is 4.68 Å². The molecule has 4 heteroatoms. The molecule has 4 nitrogen and oxygen atoms in total. The van der Waals surface area contributed by atoms with Gasteiger partial charge in [0.2, 0.25) is 0 Å². The molecule has 2 rings (SSSR count). The molecular formula is C13H24N4. The lowest BCUT2D eigenvalue weighted by atomic mass is 9.89. The van der Waals surface area contributed by atoms with E-state index < -0.39 is 0 Å². The zero-order valence-corrected chi connectivity index (χ0v) is 11.5. The quantitative estimate of drug-likeness (QED) is 0.876. The number of hydrogen-bond donors (Lipinski definition) is 1. The molecule has 1 N–H and O–H groups in total. The van der Waals surface area contributed by atoms with Gasteiger partial charge in [0.25, 0.3) is 0 Å². The van der Waals surface area contributed by atoms with Crippen LogP contribution in [0.4, 0.5) is 0 Å². The van der Waals surface area contributed by atoms with Gasteiger partial charge >= 0.3 is 0 Å². The molecule has 17 heavy (non-hydrogen) atoms. The smallest absolute Gasteiger partial charge is 0.154 e. The summed E-state index contributed by atoms with van der Waals surface area (Å²) in [7, 11) is 3.96. The van der Waals surface area contributed by atoms with E-state index >= 15 is 0 Å². The minimum Gasteiger partial charge on any atom is -0.308 e. The third kappa shape index (κ3) is 2.51. The number of aryl methyl sites for hydroxylation is 1. The van der Waals surface area contributed by atoms with Crippen molar-refractivity contribution in [2.24, 2.45) is 7.05 Å². The predicted molar refractivity (Wildman–Crippen MR) is 68.9 cm³/mol. The van der Waals surface area contributed by atoms with Crippen LogP contribution in [0.5, 0.6) is 0 Å². The molecule has 0 spiro atoms. The Morgan fingerprint density at radius 3 is 2.47 bits per heavy atom. The highest BCUT2D eigenvalue weighted by Crippen LogP contribution is 2.31. The number of nitrogens with one attached hydrogen (secondary N) is 1. The summed E-state index contributed by atoms with van der Waals surface area (Å²) in [6.45, 7) is 4.28. The van der Waals surface area contributed by atoms with Crippen molar-refractivity contribution in [3.05, 3.63) is 11.6 Å². The van der Waals surface area contributed by atoms with Crippen molar-refractivity contribution in [1.82, 2.24) is 20.1 Å². The summed E-state index contributed by atoms with van der Waals surface area (Å²) in [6.07, 6.45) is 6.53. The first kappa shape index (κ1) is 12.6. The van der Waals surface area contributed by atoms with E-state index in [0.29, 0.717) is 5.92 Å². The van der Waals surface area contributed by atoms with Gasteiger partial charge in [-0.05, 0) is 33.7 Å². The fourth-order valence-corrected chi connectivity index (χ4v) is 2.59. The van der Waals surface area contributed by atoms with Crippen molar-refractivity contribution in [1.29, 1.82) is 0 Å². The van der Waals surface area contributed by atoms with Gasteiger partial charge in [-0.15, -0.1) is 0 Å². The highest BCUT2D eigenvalue weighted by Gasteiger charge is 2.27. The van der Waals surface area contributed by atoms with E-state index in [0.717, 1.165) is 11.6 Å². The molecule has 0 radical (unpaired) electrons. The van der Waals surface area contributed by atoms with Gasteiger partial charge in [-0.25, -0.2) is 4.98 Å². The Balaban J connectivity index is 2.23. The van der Waals surface area contributed by atoms with Crippen molar-refractivity contribution in [3.8, 4) is 0 Å². The molecule has 96 valence electrons. The first-order valence-corrected chi connectivity index (χ1v) is 6.65. The standard InChI is InChI=1S/C13H24N4/c1-13(2,14-3)12-15-11(16-17(12)4)10-8-6-5-7-9-10/h10,14H,5-9H2,1-4H3. The van der Waals surface area contributed by atoms with Crippen LogP contribution in [0.3, 0.4) is 0 Å². The molecule has 0 amide bonds. The first-order chi connectivity index (χ1) is 8.04. The van der Waals surface area contributed by atoms with Crippen LogP contribution in [0.2, 0.25) is 0 Å². The summed E-state index contributed by atoms with van der Waals surface area (Å²) in [4.78, 5) is 4.77. The summed E-state index contributed by atoms with van der Waals surface area (Å²) < 4.78 is 1.93. The molecular weight excluding hydrogens is 212 g/mol. The lowest BCUT2D eigenvalue weighted by molar-refractivity contribution is 0.397. The maximum atomic E-state index is 4.77. The van der Waals surface area contributed by atoms with Crippen LogP contribution >= 0.6 is 0 Å². The Bertz CT molecular complexity index is 375. The maximum Gasteiger partial charge on any atom is 0.154 e. The van der Waals surface area contributed by atoms with E-state index in [9.17, 15) is 0 Å². The van der Waals surface area contributed by atoms with E-state index in [2.05, 4.69) is 24.3 Å². The molecule has 0 atom stereocenters. The minimum absolute atomic E-state index is 0.116. The Kier molecular flexibility index (Phi) is 3.52. The second-order valence-electron chi connectivity index (χ2n) is 5.63. The zero-order valence-electron chi connectivity index (χ0n) is 11.5. The monoisotopic (exact) mass is 236 g/mol. The van der Waals surface area contributed by atoms with Gasteiger partial charge < -0.3 is 5.32 Å². The fourth-order valence-electron chi connectivity index (χ4n) is 2.59. The molecule has 1 saturated carbocycles. The summed E-state index contributed by atoms with van der Waals surface area (Å²) >= 11 is 0. The molecule has 1 aliphatic carbocycles. The van der Waals surface area contributed by atoms with E-state index in [1.54, 1.807) is 0 Å². The molecule has 0 aromatic carbocycles. The van der Waals surface area contributed by atoms with Crippen LogP contribution < -0.4 is 5.32 Å². The molecule has 1 heterocycles. The maximum absolute atomic E-state index is 4.77. The Hall–Kier alpha value is -0.900. The Labute approximate surface area is 104 Å². The van der Waals surface area contributed by atoms with E-state index in [4.69, 9.17) is 4.98 Å². The van der Waals surface area contributed by atoms with Crippen LogP contribution in [0.1, 0.15) is 63.5 Å². The molecule has 1 aliphatic rings. The summed E-state index contributed by atoms with van der Waals surface area (Å²) in [5.41, 5.74) is -0.116. The molecule has 0 unspecified atom stereocenters. The third-order valence-electron chi connectivity index (χ3n) is 3.93. The Morgan fingerprint density at radius 1 is 1.24 bits per heavy atom. The average molecular weight is 236 g/mol. The molecule has 1 aromatic heterocycles. The number of hydrogen-bond acceptors (Lipinski definition) is 3. The van der Waals surface area contributed by atoms with Crippen molar-refractivity contribution in [2.75, 3.05) is 7.05 Å². The molecule has 1 aromatic rings. The van der Waals surface area contributed by atoms with E-state index in [1.165, 1.54) is 32.1 Å². The van der Waals surface area contributed by atoms with Crippen LogP contribution in [0.25, 0.3) is 0 Å². The SMILES string of the molecule is CNC(C)(C)c1nc(C2CCCCC2)nn1C. The molecule has 0 aliphatic heterocycles. The summed E-state index contributed by atoms with van der Waals surface area (Å²) in [5, 5.41) is 7.91. The van der Waals surface area contributed by atoms with Crippen molar-refractivity contribution in [2.45, 2.75) is 57.4 Å². The van der Waals surface area contributed by atoms with Gasteiger partial charge in [0.05, 0.1) is 5.54 Å². The number of rotatable bonds is 3. The van der Waals surface area contributed by atoms with Crippen LogP contribution in [-0.4, -0.2) is 21.8 Å². The van der Waals surface area contributed by atoms with Crippen molar-refractivity contribution in [3.63, 3.8) is 0 Å². The number of nitrogens with zero attached hydrogens (tertiary/aromatic N) is 3. The second kappa shape index (κ2) is 4.77.